The molecule has 2 N–H and O–H groups in total. The van der Waals surface area contributed by atoms with Gasteiger partial charge in [0.1, 0.15) is 5.15 Å². The maximum atomic E-state index is 10.6. The molecule has 0 unspecified atom stereocenters. The maximum Gasteiger partial charge on any atom is 0.405 e. The molecule has 2 rings (SSSR count). The molecule has 0 fully saturated rings. The highest BCUT2D eigenvalue weighted by molar-refractivity contribution is 6.32. The van der Waals surface area contributed by atoms with Crippen LogP contribution in [0.3, 0.4) is 0 Å². The van der Waals surface area contributed by atoms with Crippen molar-refractivity contribution in [3.05, 3.63) is 53.3 Å². The fourth-order valence-electron chi connectivity index (χ4n) is 1.82. The van der Waals surface area contributed by atoms with E-state index in [0.29, 0.717) is 5.15 Å². The molecule has 0 bridgehead atoms. The molecule has 1 aromatic carbocycles. The van der Waals surface area contributed by atoms with Gasteiger partial charge in [0.25, 0.3) is 0 Å². The minimum atomic E-state index is -1.04. The summed E-state index contributed by atoms with van der Waals surface area (Å²) >= 11 is 6.03. The lowest BCUT2D eigenvalue weighted by molar-refractivity contribution is 0.191. The van der Waals surface area contributed by atoms with E-state index in [4.69, 9.17) is 16.7 Å². The van der Waals surface area contributed by atoms with E-state index in [-0.39, 0.29) is 6.04 Å². The second-order valence-corrected chi connectivity index (χ2v) is 4.49. The van der Waals surface area contributed by atoms with Crippen molar-refractivity contribution in [1.29, 1.82) is 0 Å². The smallest absolute Gasteiger partial charge is 0.405 e. The van der Waals surface area contributed by atoms with Gasteiger partial charge in [-0.2, -0.15) is 0 Å². The SMILES string of the molecule is C[C@@H](NC(=O)O)c1ccc(-c2cccnc2Cl)cc1. The Balaban J connectivity index is 2.24. The van der Waals surface area contributed by atoms with Crippen molar-refractivity contribution in [2.45, 2.75) is 13.0 Å². The molecule has 4 nitrogen and oxygen atoms in total. The lowest BCUT2D eigenvalue weighted by Crippen LogP contribution is -2.24. The Hall–Kier alpha value is -2.07. The molecule has 0 aliphatic heterocycles. The minimum Gasteiger partial charge on any atom is -0.465 e. The molecule has 0 aliphatic rings. The summed E-state index contributed by atoms with van der Waals surface area (Å²) in [7, 11) is 0. The Kier molecular flexibility index (Phi) is 4.02. The summed E-state index contributed by atoms with van der Waals surface area (Å²) in [6, 6.07) is 11.0. The van der Waals surface area contributed by atoms with Crippen LogP contribution < -0.4 is 5.32 Å². The quantitative estimate of drug-likeness (QED) is 0.840. The van der Waals surface area contributed by atoms with Crippen LogP contribution in [0.2, 0.25) is 5.15 Å². The van der Waals surface area contributed by atoms with Crippen LogP contribution in [0.5, 0.6) is 0 Å². The van der Waals surface area contributed by atoms with Gasteiger partial charge in [0.15, 0.2) is 0 Å². The number of halogens is 1. The molecule has 0 aliphatic carbocycles. The summed E-state index contributed by atoms with van der Waals surface area (Å²) in [5.41, 5.74) is 2.70. The van der Waals surface area contributed by atoms with Crippen LogP contribution in [0, 0.1) is 0 Å². The molecule has 5 heteroatoms. The van der Waals surface area contributed by atoms with Crippen molar-refractivity contribution >= 4 is 17.7 Å². The van der Waals surface area contributed by atoms with E-state index >= 15 is 0 Å². The van der Waals surface area contributed by atoms with Crippen molar-refractivity contribution in [3.63, 3.8) is 0 Å². The van der Waals surface area contributed by atoms with Gasteiger partial charge in [0.2, 0.25) is 0 Å². The summed E-state index contributed by atoms with van der Waals surface area (Å²) in [6.07, 6.45) is 0.603. The largest absolute Gasteiger partial charge is 0.465 e. The standard InChI is InChI=1S/C14H13ClN2O2/c1-9(17-14(18)19)10-4-6-11(7-5-10)12-3-2-8-16-13(12)15/h2-9,17H,1H3,(H,18,19)/t9-/m1/s1. The molecule has 2 aromatic rings. The summed E-state index contributed by atoms with van der Waals surface area (Å²) in [4.78, 5) is 14.6. The summed E-state index contributed by atoms with van der Waals surface area (Å²) in [6.45, 7) is 1.79. The highest BCUT2D eigenvalue weighted by Crippen LogP contribution is 2.26. The van der Waals surface area contributed by atoms with Crippen molar-refractivity contribution in [2.24, 2.45) is 0 Å². The monoisotopic (exact) mass is 276 g/mol. The molecule has 1 aromatic heterocycles. The van der Waals surface area contributed by atoms with Crippen molar-refractivity contribution in [3.8, 4) is 11.1 Å². The van der Waals surface area contributed by atoms with Crippen LogP contribution in [-0.4, -0.2) is 16.2 Å². The Morgan fingerprint density at radius 2 is 2.00 bits per heavy atom. The lowest BCUT2D eigenvalue weighted by atomic mass is 10.0. The Morgan fingerprint density at radius 3 is 2.58 bits per heavy atom. The van der Waals surface area contributed by atoms with Crippen LogP contribution in [0.4, 0.5) is 4.79 Å². The molecule has 1 atom stereocenters. The van der Waals surface area contributed by atoms with E-state index in [1.807, 2.05) is 36.4 Å². The number of benzene rings is 1. The second kappa shape index (κ2) is 5.71. The third-order valence-electron chi connectivity index (χ3n) is 2.82. The first-order chi connectivity index (χ1) is 9.08. The molecular weight excluding hydrogens is 264 g/mol. The predicted octanol–water partition coefficient (Wildman–Crippen LogP) is 3.73. The fourth-order valence-corrected chi connectivity index (χ4v) is 2.05. The topological polar surface area (TPSA) is 62.2 Å². The van der Waals surface area contributed by atoms with Crippen LogP contribution in [-0.2, 0) is 0 Å². The number of hydrogen-bond donors (Lipinski definition) is 2. The summed E-state index contributed by atoms with van der Waals surface area (Å²) in [5, 5.41) is 11.5. The van der Waals surface area contributed by atoms with Gasteiger partial charge in [-0.25, -0.2) is 9.78 Å². The van der Waals surface area contributed by atoms with E-state index in [9.17, 15) is 4.79 Å². The first kappa shape index (κ1) is 13.4. The first-order valence-corrected chi connectivity index (χ1v) is 6.16. The number of carbonyl (C=O) groups is 1. The number of nitrogens with zero attached hydrogens (tertiary/aromatic N) is 1. The molecule has 98 valence electrons. The molecule has 0 spiro atoms. The molecule has 0 saturated heterocycles. The predicted molar refractivity (Wildman–Crippen MR) is 74.3 cm³/mol. The molecule has 0 radical (unpaired) electrons. The number of carboxylic acid groups (broad SMARTS) is 1. The number of pyridine rings is 1. The van der Waals surface area contributed by atoms with Gasteiger partial charge in [-0.1, -0.05) is 35.9 Å². The van der Waals surface area contributed by atoms with E-state index in [2.05, 4.69) is 10.3 Å². The number of hydrogen-bond acceptors (Lipinski definition) is 2. The van der Waals surface area contributed by atoms with Gasteiger partial charge >= 0.3 is 6.09 Å². The van der Waals surface area contributed by atoms with Gasteiger partial charge < -0.3 is 10.4 Å². The summed E-state index contributed by atoms with van der Waals surface area (Å²) in [5.74, 6) is 0. The number of nitrogens with one attached hydrogen (secondary N) is 1. The molecule has 0 saturated carbocycles. The number of amides is 1. The third-order valence-corrected chi connectivity index (χ3v) is 3.12. The van der Waals surface area contributed by atoms with Crippen molar-refractivity contribution in [2.75, 3.05) is 0 Å². The minimum absolute atomic E-state index is 0.254. The average molecular weight is 277 g/mol. The van der Waals surface area contributed by atoms with Crippen LogP contribution in [0.15, 0.2) is 42.6 Å². The first-order valence-electron chi connectivity index (χ1n) is 5.78. The molecule has 1 heterocycles. The zero-order chi connectivity index (χ0) is 13.8. The Morgan fingerprint density at radius 1 is 1.32 bits per heavy atom. The van der Waals surface area contributed by atoms with Crippen LogP contribution in [0.1, 0.15) is 18.5 Å². The highest BCUT2D eigenvalue weighted by Gasteiger charge is 2.09. The van der Waals surface area contributed by atoms with Crippen molar-refractivity contribution in [1.82, 2.24) is 10.3 Å². The van der Waals surface area contributed by atoms with Gasteiger partial charge in [-0.3, -0.25) is 0 Å². The second-order valence-electron chi connectivity index (χ2n) is 4.13. The highest BCUT2D eigenvalue weighted by atomic mass is 35.5. The normalized spacial score (nSPS) is 11.9. The third kappa shape index (κ3) is 3.23. The van der Waals surface area contributed by atoms with Gasteiger partial charge in [0, 0.05) is 11.8 Å². The van der Waals surface area contributed by atoms with Crippen LogP contribution in [0.25, 0.3) is 11.1 Å². The number of aromatic nitrogens is 1. The molecular formula is C14H13ClN2O2. The summed E-state index contributed by atoms with van der Waals surface area (Å²) < 4.78 is 0. The zero-order valence-corrected chi connectivity index (χ0v) is 11.1. The lowest BCUT2D eigenvalue weighted by Gasteiger charge is -2.12. The Labute approximate surface area is 116 Å². The van der Waals surface area contributed by atoms with E-state index in [1.54, 1.807) is 13.1 Å². The van der Waals surface area contributed by atoms with E-state index in [1.165, 1.54) is 0 Å². The maximum absolute atomic E-state index is 10.6. The zero-order valence-electron chi connectivity index (χ0n) is 10.3. The van der Waals surface area contributed by atoms with E-state index in [0.717, 1.165) is 16.7 Å². The average Bonchev–Trinajstić information content (AvgIpc) is 2.39. The van der Waals surface area contributed by atoms with E-state index < -0.39 is 6.09 Å². The van der Waals surface area contributed by atoms with Gasteiger partial charge in [-0.15, -0.1) is 0 Å². The number of rotatable bonds is 3. The van der Waals surface area contributed by atoms with Gasteiger partial charge in [-0.05, 0) is 30.2 Å². The van der Waals surface area contributed by atoms with Gasteiger partial charge in [0.05, 0.1) is 6.04 Å². The molecule has 1 amide bonds. The molecule has 19 heavy (non-hydrogen) atoms. The fraction of sp³-hybridized carbons (Fsp3) is 0.143. The Bertz CT molecular complexity index is 584. The van der Waals surface area contributed by atoms with Crippen molar-refractivity contribution < 1.29 is 9.90 Å². The van der Waals surface area contributed by atoms with Crippen LogP contribution >= 0.6 is 11.6 Å².